The predicted molar refractivity (Wildman–Crippen MR) is 167 cm³/mol. The Morgan fingerprint density at radius 3 is 1.30 bits per heavy atom. The van der Waals surface area contributed by atoms with Gasteiger partial charge in [0.15, 0.2) is 0 Å². The second-order valence-corrected chi connectivity index (χ2v) is 13.0. The third kappa shape index (κ3) is 3.96. The summed E-state index contributed by atoms with van der Waals surface area (Å²) in [5.74, 6) is 1.29. The molecule has 0 atom stereocenters. The zero-order valence-electron chi connectivity index (χ0n) is 23.4. The average Bonchev–Trinajstić information content (AvgIpc) is 3.79. The van der Waals surface area contributed by atoms with E-state index < -0.39 is 26.3 Å². The number of nitrogens with zero attached hydrogens (tertiary/aromatic N) is 8. The molecule has 2 aliphatic heterocycles. The van der Waals surface area contributed by atoms with Crippen molar-refractivity contribution in [3.8, 4) is 45.6 Å². The van der Waals surface area contributed by atoms with Crippen molar-refractivity contribution in [2.24, 2.45) is 3.20 Å². The Kier molecular flexibility index (Phi) is 5.78. The normalized spacial score (nSPS) is 12.1. The van der Waals surface area contributed by atoms with Crippen LogP contribution in [0.1, 0.15) is 0 Å². The van der Waals surface area contributed by atoms with Gasteiger partial charge in [-0.2, -0.15) is 0 Å². The Hall–Kier alpha value is -5.63. The molecule has 0 spiro atoms. The molecule has 9 rings (SSSR count). The number of rotatable bonds is 2. The maximum absolute atomic E-state index is 13.8. The number of benzene rings is 4. The summed E-state index contributed by atoms with van der Waals surface area (Å²) >= 11 is -2.10. The fourth-order valence-electron chi connectivity index (χ4n) is 5.96. The molecule has 0 saturated heterocycles. The zero-order valence-corrected chi connectivity index (χ0v) is 25.6. The van der Waals surface area contributed by atoms with Crippen molar-refractivity contribution in [1.29, 1.82) is 0 Å². The Morgan fingerprint density at radius 2 is 0.891 bits per heavy atom. The molecule has 0 aliphatic carbocycles. The summed E-state index contributed by atoms with van der Waals surface area (Å²) in [5, 5.41) is 2.65. The Labute approximate surface area is 266 Å². The van der Waals surface area contributed by atoms with Gasteiger partial charge in [0.2, 0.25) is 0 Å². The first-order valence-corrected chi connectivity index (χ1v) is 16.6. The first-order valence-electron chi connectivity index (χ1n) is 14.0. The molecule has 2 aliphatic rings. The van der Waals surface area contributed by atoms with E-state index in [1.807, 2.05) is 72.8 Å². The van der Waals surface area contributed by atoms with E-state index in [0.29, 0.717) is 44.8 Å². The summed E-state index contributed by atoms with van der Waals surface area (Å²) < 4.78 is 43.7. The van der Waals surface area contributed by atoms with Crippen molar-refractivity contribution in [3.63, 3.8) is 0 Å². The van der Waals surface area contributed by atoms with Gasteiger partial charge >= 0.3 is 255 Å². The second kappa shape index (κ2) is 9.94. The molecule has 7 aromatic rings. The van der Waals surface area contributed by atoms with Gasteiger partial charge in [0.25, 0.3) is 0 Å². The van der Waals surface area contributed by atoms with E-state index in [0.717, 1.165) is 25.9 Å². The second-order valence-electron chi connectivity index (χ2n) is 10.5. The van der Waals surface area contributed by atoms with E-state index in [9.17, 15) is 12.1 Å². The molecule has 3 aromatic heterocycles. The SMILES string of the molecule is [O]=[V]=[N]S(=O)(=O)n1c2nc3nc(nc4[nH]c(nc5nc(nc1c1ccccc12)-c1ccccc1-5)c1ccccc41)-c1ccccc1-3. The summed E-state index contributed by atoms with van der Waals surface area (Å²) in [6, 6.07) is 29.8. The number of nitrogens with one attached hydrogen (secondary N) is 1. The first kappa shape index (κ1) is 26.7. The van der Waals surface area contributed by atoms with Crippen LogP contribution < -0.4 is 0 Å². The molecular weight excluding hydrogens is 641 g/mol. The Balaban J connectivity index is 1.58. The van der Waals surface area contributed by atoms with Crippen molar-refractivity contribution in [2.75, 3.05) is 0 Å². The molecule has 8 bridgehead atoms. The summed E-state index contributed by atoms with van der Waals surface area (Å²) in [6.07, 6.45) is 0. The van der Waals surface area contributed by atoms with Crippen molar-refractivity contribution < 1.29 is 28.1 Å². The molecule has 0 saturated carbocycles. The van der Waals surface area contributed by atoms with Gasteiger partial charge in [-0.3, -0.25) is 0 Å². The Bertz CT molecular complexity index is 2640. The van der Waals surface area contributed by atoms with E-state index in [1.54, 1.807) is 24.3 Å². The molecule has 5 heterocycles. The van der Waals surface area contributed by atoms with Crippen LogP contribution in [0, 0.1) is 0 Å². The van der Waals surface area contributed by atoms with Crippen LogP contribution in [0.2, 0.25) is 0 Å². The minimum atomic E-state index is -4.55. The number of hydrogen-bond acceptors (Lipinski definition) is 9. The predicted octanol–water partition coefficient (Wildman–Crippen LogP) is 6.05. The third-order valence-corrected chi connectivity index (χ3v) is 10.3. The van der Waals surface area contributed by atoms with Crippen LogP contribution in [-0.2, 0) is 29.9 Å². The summed E-state index contributed by atoms with van der Waals surface area (Å²) in [7, 11) is -4.55. The van der Waals surface area contributed by atoms with Crippen LogP contribution in [0.5, 0.6) is 0 Å². The number of aromatic nitrogens is 8. The van der Waals surface area contributed by atoms with E-state index in [4.69, 9.17) is 29.9 Å². The first-order chi connectivity index (χ1) is 22.5. The summed E-state index contributed by atoms with van der Waals surface area (Å²) in [6.45, 7) is 0. The minimum absolute atomic E-state index is 0.0167. The van der Waals surface area contributed by atoms with Crippen LogP contribution in [0.3, 0.4) is 0 Å². The van der Waals surface area contributed by atoms with Crippen molar-refractivity contribution in [3.05, 3.63) is 97.1 Å². The van der Waals surface area contributed by atoms with Gasteiger partial charge in [-0.1, -0.05) is 12.1 Å². The topological polar surface area (TPSA) is 162 Å². The van der Waals surface area contributed by atoms with Gasteiger partial charge < -0.3 is 0 Å². The molecule has 0 unspecified atom stereocenters. The van der Waals surface area contributed by atoms with Gasteiger partial charge in [-0.05, 0) is 0 Å². The van der Waals surface area contributed by atoms with Gasteiger partial charge in [0, 0.05) is 0 Å². The zero-order chi connectivity index (χ0) is 31.0. The van der Waals surface area contributed by atoms with Crippen LogP contribution in [0.25, 0.3) is 89.7 Å². The van der Waals surface area contributed by atoms with Crippen LogP contribution in [-0.4, -0.2) is 47.3 Å². The Morgan fingerprint density at radius 1 is 0.522 bits per heavy atom. The third-order valence-electron chi connectivity index (χ3n) is 7.94. The van der Waals surface area contributed by atoms with Gasteiger partial charge in [0.05, 0.1) is 0 Å². The molecule has 1 N–H and O–H groups in total. The molecule has 46 heavy (non-hydrogen) atoms. The monoisotopic (exact) mass is 658 g/mol. The van der Waals surface area contributed by atoms with Crippen LogP contribution >= 0.6 is 0 Å². The molecular formula is C32H17N9O3SV. The molecule has 12 nitrogen and oxygen atoms in total. The van der Waals surface area contributed by atoms with Crippen molar-refractivity contribution in [2.45, 2.75) is 0 Å². The molecule has 0 radical (unpaired) electrons. The molecule has 0 fully saturated rings. The molecule has 0 amide bonds. The van der Waals surface area contributed by atoms with Crippen LogP contribution in [0.15, 0.2) is 100 Å². The maximum atomic E-state index is 13.8. The van der Waals surface area contributed by atoms with E-state index in [2.05, 4.69) is 8.18 Å². The number of hydrogen-bond donors (Lipinski definition) is 1. The van der Waals surface area contributed by atoms with Gasteiger partial charge in [-0.15, -0.1) is 0 Å². The average molecular weight is 659 g/mol. The van der Waals surface area contributed by atoms with E-state index in [-0.39, 0.29) is 22.9 Å². The van der Waals surface area contributed by atoms with Gasteiger partial charge in [0.1, 0.15) is 0 Å². The quantitative estimate of drug-likeness (QED) is 0.233. The summed E-state index contributed by atoms with van der Waals surface area (Å²) in [4.78, 5) is 32.6. The number of fused-ring (bicyclic) bond motifs is 20. The standard InChI is InChI=1S/C32H17N9O2S.O.V/c33-44(42,43)41-31-23-15-7-8-16-24(23)32(41)40-30-22-14-6-4-12-20(22)28(38-30)36-26-18-10-2-1-9-17(18)25(34-26)35-27-19-11-3-5-13-21(19)29(37-27)39-31;;/h1-16H,(H,34,35,36,37,38,39,40);;. The molecule has 14 heteroatoms. The van der Waals surface area contributed by atoms with Crippen LogP contribution in [0.4, 0.5) is 0 Å². The number of H-pyrrole nitrogens is 1. The van der Waals surface area contributed by atoms with E-state index in [1.165, 1.54) is 0 Å². The molecule has 219 valence electrons. The summed E-state index contributed by atoms with van der Waals surface area (Å²) in [5.41, 5.74) is 3.91. The fraction of sp³-hybridized carbons (Fsp3) is 0. The van der Waals surface area contributed by atoms with Gasteiger partial charge in [-0.25, -0.2) is 0 Å². The van der Waals surface area contributed by atoms with Crippen molar-refractivity contribution >= 4 is 54.3 Å². The van der Waals surface area contributed by atoms with Crippen molar-refractivity contribution in [1.82, 2.24) is 38.9 Å². The van der Waals surface area contributed by atoms with E-state index >= 15 is 0 Å². The number of aromatic amines is 1. The molecule has 4 aromatic carbocycles. The fourth-order valence-corrected chi connectivity index (χ4v) is 7.57.